The average Bonchev–Trinajstić information content (AvgIpc) is 3.25. The number of anilines is 1. The lowest BCUT2D eigenvalue weighted by atomic mass is 10.1. The van der Waals surface area contributed by atoms with Gasteiger partial charge in [0.05, 0.1) is 5.69 Å². The standard InChI is InChI=1S/C24H32F2N4O3/c1-4-8-18-14-21(27-33-18)24(32)29-11-6-9-28(3)10-7-12-30(23(31)5-2)22-15-20(26)19(25)13-17(22)16-29/h13-15H,4-12,16H2,1-3H3. The van der Waals surface area contributed by atoms with Crippen LogP contribution in [0.2, 0.25) is 0 Å². The molecule has 0 radical (unpaired) electrons. The fourth-order valence-corrected chi connectivity index (χ4v) is 4.07. The maximum absolute atomic E-state index is 14.3. The minimum atomic E-state index is -1.02. The Morgan fingerprint density at radius 1 is 1.03 bits per heavy atom. The zero-order chi connectivity index (χ0) is 24.0. The summed E-state index contributed by atoms with van der Waals surface area (Å²) in [5.74, 6) is -1.93. The van der Waals surface area contributed by atoms with Crippen molar-refractivity contribution in [3.8, 4) is 0 Å². The Bertz CT molecular complexity index is 979. The molecule has 1 aromatic carbocycles. The maximum Gasteiger partial charge on any atom is 0.276 e. The van der Waals surface area contributed by atoms with Gasteiger partial charge in [0.15, 0.2) is 17.3 Å². The van der Waals surface area contributed by atoms with Crippen LogP contribution in [-0.2, 0) is 17.8 Å². The number of hydrogen-bond donors (Lipinski definition) is 0. The summed E-state index contributed by atoms with van der Waals surface area (Å²) >= 11 is 0. The van der Waals surface area contributed by atoms with Gasteiger partial charge in [-0.2, -0.15) is 0 Å². The summed E-state index contributed by atoms with van der Waals surface area (Å²) in [6, 6.07) is 3.78. The lowest BCUT2D eigenvalue weighted by Gasteiger charge is -2.30. The van der Waals surface area contributed by atoms with E-state index < -0.39 is 11.6 Å². The first kappa shape index (κ1) is 24.8. The highest BCUT2D eigenvalue weighted by molar-refractivity contribution is 5.94. The molecule has 2 aromatic rings. The molecular formula is C24H32F2N4O3. The van der Waals surface area contributed by atoms with Crippen molar-refractivity contribution in [2.75, 3.05) is 38.1 Å². The van der Waals surface area contributed by atoms with Crippen LogP contribution in [0.4, 0.5) is 14.5 Å². The molecule has 2 amide bonds. The van der Waals surface area contributed by atoms with Crippen molar-refractivity contribution in [1.82, 2.24) is 15.0 Å². The summed E-state index contributed by atoms with van der Waals surface area (Å²) in [5, 5.41) is 3.92. The summed E-state index contributed by atoms with van der Waals surface area (Å²) < 4.78 is 33.8. The number of carbonyl (C=O) groups excluding carboxylic acids is 2. The SMILES string of the molecule is CCCc1cc(C(=O)N2CCCN(C)CCCN(C(=O)CC)c3cc(F)c(F)cc3C2)no1. The molecule has 0 saturated carbocycles. The highest BCUT2D eigenvalue weighted by atomic mass is 19.2. The van der Waals surface area contributed by atoms with Gasteiger partial charge < -0.3 is 19.2 Å². The first-order valence-corrected chi connectivity index (χ1v) is 11.6. The lowest BCUT2D eigenvalue weighted by Crippen LogP contribution is -2.38. The van der Waals surface area contributed by atoms with Crippen molar-refractivity contribution in [2.45, 2.75) is 52.5 Å². The Hall–Kier alpha value is -2.81. The van der Waals surface area contributed by atoms with E-state index in [-0.39, 0.29) is 30.5 Å². The summed E-state index contributed by atoms with van der Waals surface area (Å²) in [5.41, 5.74) is 0.869. The highest BCUT2D eigenvalue weighted by Gasteiger charge is 2.26. The van der Waals surface area contributed by atoms with Gasteiger partial charge in [-0.05, 0) is 51.0 Å². The largest absolute Gasteiger partial charge is 0.361 e. The van der Waals surface area contributed by atoms with Gasteiger partial charge in [-0.1, -0.05) is 19.0 Å². The molecule has 7 nitrogen and oxygen atoms in total. The molecule has 180 valence electrons. The van der Waals surface area contributed by atoms with E-state index in [0.717, 1.165) is 31.6 Å². The summed E-state index contributed by atoms with van der Waals surface area (Å²) in [6.07, 6.45) is 3.17. The van der Waals surface area contributed by atoms with Crippen LogP contribution < -0.4 is 4.90 Å². The van der Waals surface area contributed by atoms with Crippen LogP contribution in [0.1, 0.15) is 61.3 Å². The molecule has 0 N–H and O–H groups in total. The zero-order valence-corrected chi connectivity index (χ0v) is 19.6. The Morgan fingerprint density at radius 3 is 2.42 bits per heavy atom. The number of hydrogen-bond acceptors (Lipinski definition) is 5. The average molecular weight is 463 g/mol. The van der Waals surface area contributed by atoms with Crippen LogP contribution >= 0.6 is 0 Å². The fraction of sp³-hybridized carbons (Fsp3) is 0.542. The van der Waals surface area contributed by atoms with Crippen LogP contribution in [0.25, 0.3) is 0 Å². The molecule has 3 rings (SSSR count). The maximum atomic E-state index is 14.3. The quantitative estimate of drug-likeness (QED) is 0.687. The zero-order valence-electron chi connectivity index (χ0n) is 19.6. The number of halogens is 2. The Morgan fingerprint density at radius 2 is 1.73 bits per heavy atom. The van der Waals surface area contributed by atoms with Crippen molar-refractivity contribution in [2.24, 2.45) is 0 Å². The Labute approximate surface area is 193 Å². The molecule has 2 heterocycles. The molecule has 1 aliphatic rings. The van der Waals surface area contributed by atoms with Gasteiger partial charge in [-0.3, -0.25) is 9.59 Å². The topological polar surface area (TPSA) is 69.9 Å². The van der Waals surface area contributed by atoms with Gasteiger partial charge >= 0.3 is 0 Å². The van der Waals surface area contributed by atoms with Crippen LogP contribution in [0.15, 0.2) is 22.7 Å². The van der Waals surface area contributed by atoms with E-state index in [1.165, 1.54) is 4.90 Å². The molecule has 0 saturated heterocycles. The summed E-state index contributed by atoms with van der Waals surface area (Å²) in [6.45, 7) is 6.05. The molecule has 0 unspecified atom stereocenters. The number of rotatable bonds is 4. The van der Waals surface area contributed by atoms with Gasteiger partial charge in [0.1, 0.15) is 5.76 Å². The number of fused-ring (bicyclic) bond motifs is 1. The van der Waals surface area contributed by atoms with E-state index in [2.05, 4.69) is 10.1 Å². The van der Waals surface area contributed by atoms with E-state index in [0.29, 0.717) is 49.4 Å². The number of benzene rings is 1. The minimum absolute atomic E-state index is 0.0263. The van der Waals surface area contributed by atoms with E-state index in [4.69, 9.17) is 4.52 Å². The molecule has 0 fully saturated rings. The lowest BCUT2D eigenvalue weighted by molar-refractivity contribution is -0.118. The number of nitrogens with zero attached hydrogens (tertiary/aromatic N) is 4. The van der Waals surface area contributed by atoms with Gasteiger partial charge in [0.2, 0.25) is 5.91 Å². The van der Waals surface area contributed by atoms with E-state index in [1.54, 1.807) is 17.9 Å². The van der Waals surface area contributed by atoms with Crippen molar-refractivity contribution in [1.29, 1.82) is 0 Å². The molecule has 0 bridgehead atoms. The summed E-state index contributed by atoms with van der Waals surface area (Å²) in [4.78, 5) is 31.2. The molecular weight excluding hydrogens is 430 g/mol. The van der Waals surface area contributed by atoms with Crippen LogP contribution in [-0.4, -0.2) is 60.0 Å². The molecule has 33 heavy (non-hydrogen) atoms. The number of aromatic nitrogens is 1. The number of aryl methyl sites for hydroxylation is 1. The monoisotopic (exact) mass is 462 g/mol. The second-order valence-corrected chi connectivity index (χ2v) is 8.46. The summed E-state index contributed by atoms with van der Waals surface area (Å²) in [7, 11) is 1.99. The normalized spacial score (nSPS) is 16.2. The van der Waals surface area contributed by atoms with Crippen molar-refractivity contribution >= 4 is 17.5 Å². The molecule has 0 atom stereocenters. The smallest absolute Gasteiger partial charge is 0.276 e. The van der Waals surface area contributed by atoms with Crippen molar-refractivity contribution in [3.05, 3.63) is 46.9 Å². The first-order chi connectivity index (χ1) is 15.8. The van der Waals surface area contributed by atoms with Crippen LogP contribution in [0, 0.1) is 11.6 Å². The van der Waals surface area contributed by atoms with E-state index in [1.807, 2.05) is 14.0 Å². The third kappa shape index (κ3) is 6.16. The van der Waals surface area contributed by atoms with E-state index >= 15 is 0 Å². The van der Waals surface area contributed by atoms with Gasteiger partial charge in [0.25, 0.3) is 5.91 Å². The molecule has 0 spiro atoms. The van der Waals surface area contributed by atoms with Gasteiger partial charge in [-0.25, -0.2) is 8.78 Å². The third-order valence-corrected chi connectivity index (χ3v) is 5.83. The Balaban J connectivity index is 2.01. The third-order valence-electron chi connectivity index (χ3n) is 5.83. The second-order valence-electron chi connectivity index (χ2n) is 8.46. The Kier molecular flexibility index (Phi) is 8.55. The molecule has 9 heteroatoms. The molecule has 1 aromatic heterocycles. The van der Waals surface area contributed by atoms with E-state index in [9.17, 15) is 18.4 Å². The van der Waals surface area contributed by atoms with Crippen LogP contribution in [0.3, 0.4) is 0 Å². The number of carbonyl (C=O) groups is 2. The molecule has 0 aliphatic carbocycles. The second kappa shape index (κ2) is 11.4. The van der Waals surface area contributed by atoms with Crippen molar-refractivity contribution in [3.63, 3.8) is 0 Å². The van der Waals surface area contributed by atoms with Gasteiger partial charge in [0, 0.05) is 44.6 Å². The number of amides is 2. The van der Waals surface area contributed by atoms with Crippen LogP contribution in [0.5, 0.6) is 0 Å². The minimum Gasteiger partial charge on any atom is -0.361 e. The van der Waals surface area contributed by atoms with Gasteiger partial charge in [-0.15, -0.1) is 0 Å². The fourth-order valence-electron chi connectivity index (χ4n) is 4.07. The van der Waals surface area contributed by atoms with Crippen molar-refractivity contribution < 1.29 is 22.9 Å². The predicted molar refractivity (Wildman–Crippen MR) is 121 cm³/mol. The predicted octanol–water partition coefficient (Wildman–Crippen LogP) is 4.02. The molecule has 1 aliphatic heterocycles. The first-order valence-electron chi connectivity index (χ1n) is 11.6. The highest BCUT2D eigenvalue weighted by Crippen LogP contribution is 2.28.